The third-order valence-corrected chi connectivity index (χ3v) is 4.63. The molecule has 1 fully saturated rings. The fourth-order valence-corrected chi connectivity index (χ4v) is 3.34. The number of benzene rings is 1. The van der Waals surface area contributed by atoms with Gasteiger partial charge in [0.2, 0.25) is 0 Å². The predicted octanol–water partition coefficient (Wildman–Crippen LogP) is 3.42. The summed E-state index contributed by atoms with van der Waals surface area (Å²) in [6, 6.07) is 7.58. The van der Waals surface area contributed by atoms with E-state index in [1.54, 1.807) is 0 Å². The van der Waals surface area contributed by atoms with Crippen molar-refractivity contribution in [3.05, 3.63) is 34.3 Å². The Kier molecular flexibility index (Phi) is 3.83. The summed E-state index contributed by atoms with van der Waals surface area (Å²) in [5, 5.41) is 0. The first kappa shape index (κ1) is 13.0. The molecule has 0 bridgehead atoms. The van der Waals surface area contributed by atoms with Crippen molar-refractivity contribution in [3.63, 3.8) is 0 Å². The fourth-order valence-electron chi connectivity index (χ4n) is 1.96. The second-order valence-corrected chi connectivity index (χ2v) is 7.56. The molecule has 1 aliphatic heterocycles. The van der Waals surface area contributed by atoms with Gasteiger partial charge in [-0.15, -0.1) is 0 Å². The van der Waals surface area contributed by atoms with Gasteiger partial charge in [-0.3, -0.25) is 4.79 Å². The number of halogens is 1. The van der Waals surface area contributed by atoms with E-state index >= 15 is 0 Å². The summed E-state index contributed by atoms with van der Waals surface area (Å²) in [6.07, 6.45) is 0. The van der Waals surface area contributed by atoms with Gasteiger partial charge in [-0.2, -0.15) is 11.8 Å². The van der Waals surface area contributed by atoms with E-state index in [2.05, 4.69) is 29.8 Å². The lowest BCUT2D eigenvalue weighted by atomic mass is 10.1. The first-order valence-electron chi connectivity index (χ1n) is 5.67. The average molecular weight is 314 g/mol. The van der Waals surface area contributed by atoms with Crippen molar-refractivity contribution in [2.75, 3.05) is 18.8 Å². The third-order valence-electron chi connectivity index (χ3n) is 2.80. The SMILES string of the molecule is CC1(C)CN(C(=O)c2ccc(Br)cc2)CCS1. The topological polar surface area (TPSA) is 20.3 Å². The molecule has 0 N–H and O–H groups in total. The zero-order valence-electron chi connectivity index (χ0n) is 10.1. The Morgan fingerprint density at radius 2 is 2.00 bits per heavy atom. The summed E-state index contributed by atoms with van der Waals surface area (Å²) in [4.78, 5) is 14.3. The van der Waals surface area contributed by atoms with Crippen LogP contribution in [0.15, 0.2) is 28.7 Å². The minimum absolute atomic E-state index is 0.144. The molecule has 2 nitrogen and oxygen atoms in total. The van der Waals surface area contributed by atoms with Gasteiger partial charge in [0.1, 0.15) is 0 Å². The molecule has 17 heavy (non-hydrogen) atoms. The minimum Gasteiger partial charge on any atom is -0.336 e. The number of hydrogen-bond acceptors (Lipinski definition) is 2. The van der Waals surface area contributed by atoms with Crippen LogP contribution in [-0.2, 0) is 0 Å². The zero-order chi connectivity index (χ0) is 12.5. The van der Waals surface area contributed by atoms with Crippen LogP contribution in [0.2, 0.25) is 0 Å². The number of nitrogens with zero attached hydrogens (tertiary/aromatic N) is 1. The summed E-state index contributed by atoms with van der Waals surface area (Å²) < 4.78 is 1.17. The summed E-state index contributed by atoms with van der Waals surface area (Å²) in [5.74, 6) is 1.17. The quantitative estimate of drug-likeness (QED) is 0.792. The molecular formula is C13H16BrNOS. The fraction of sp³-hybridized carbons (Fsp3) is 0.462. The molecule has 0 saturated carbocycles. The highest BCUT2D eigenvalue weighted by Gasteiger charge is 2.30. The Labute approximate surface area is 115 Å². The summed E-state index contributed by atoms with van der Waals surface area (Å²) in [6.45, 7) is 6.06. The molecule has 0 aromatic heterocycles. The van der Waals surface area contributed by atoms with E-state index < -0.39 is 0 Å². The van der Waals surface area contributed by atoms with Gasteiger partial charge in [0, 0.05) is 33.6 Å². The molecule has 0 unspecified atom stereocenters. The van der Waals surface area contributed by atoms with Crippen molar-refractivity contribution in [1.82, 2.24) is 4.90 Å². The normalized spacial score (nSPS) is 19.1. The van der Waals surface area contributed by atoms with Crippen molar-refractivity contribution in [2.45, 2.75) is 18.6 Å². The summed E-state index contributed by atoms with van der Waals surface area (Å²) in [7, 11) is 0. The molecule has 92 valence electrons. The highest BCUT2D eigenvalue weighted by atomic mass is 79.9. The monoisotopic (exact) mass is 313 g/mol. The first-order chi connectivity index (χ1) is 7.98. The van der Waals surface area contributed by atoms with Gasteiger partial charge >= 0.3 is 0 Å². The standard InChI is InChI=1S/C13H16BrNOS/c1-13(2)9-15(7-8-17-13)12(16)10-3-5-11(14)6-4-10/h3-6H,7-9H2,1-2H3. The Balaban J connectivity index is 2.12. The lowest BCUT2D eigenvalue weighted by molar-refractivity contribution is 0.0748. The molecule has 1 amide bonds. The van der Waals surface area contributed by atoms with E-state index in [0.717, 1.165) is 28.9 Å². The predicted molar refractivity (Wildman–Crippen MR) is 76.6 cm³/mol. The molecule has 1 saturated heterocycles. The third kappa shape index (κ3) is 3.26. The second kappa shape index (κ2) is 5.02. The molecule has 0 aliphatic carbocycles. The number of carbonyl (C=O) groups excluding carboxylic acids is 1. The van der Waals surface area contributed by atoms with Crippen LogP contribution in [0.3, 0.4) is 0 Å². The molecule has 1 aliphatic rings. The van der Waals surface area contributed by atoms with E-state index in [0.29, 0.717) is 0 Å². The lowest BCUT2D eigenvalue weighted by Crippen LogP contribution is -2.46. The van der Waals surface area contributed by atoms with Crippen molar-refractivity contribution in [3.8, 4) is 0 Å². The van der Waals surface area contributed by atoms with E-state index in [4.69, 9.17) is 0 Å². The zero-order valence-corrected chi connectivity index (χ0v) is 12.5. The Hall–Kier alpha value is -0.480. The van der Waals surface area contributed by atoms with Gasteiger partial charge in [-0.25, -0.2) is 0 Å². The summed E-state index contributed by atoms with van der Waals surface area (Å²) >= 11 is 5.32. The van der Waals surface area contributed by atoms with Crippen LogP contribution >= 0.6 is 27.7 Å². The Morgan fingerprint density at radius 1 is 1.35 bits per heavy atom. The highest BCUT2D eigenvalue weighted by molar-refractivity contribution is 9.10. The number of amides is 1. The second-order valence-electron chi connectivity index (χ2n) is 4.84. The van der Waals surface area contributed by atoms with Gasteiger partial charge in [-0.1, -0.05) is 15.9 Å². The maximum Gasteiger partial charge on any atom is 0.253 e. The molecule has 2 rings (SSSR count). The number of thioether (sulfide) groups is 1. The van der Waals surface area contributed by atoms with Gasteiger partial charge in [0.05, 0.1) is 0 Å². The minimum atomic E-state index is 0.144. The van der Waals surface area contributed by atoms with Crippen molar-refractivity contribution in [2.24, 2.45) is 0 Å². The van der Waals surface area contributed by atoms with E-state index in [-0.39, 0.29) is 10.7 Å². The largest absolute Gasteiger partial charge is 0.336 e. The Bertz CT molecular complexity index is 416. The average Bonchev–Trinajstić information content (AvgIpc) is 2.28. The molecule has 1 heterocycles. The van der Waals surface area contributed by atoms with Gasteiger partial charge in [0.15, 0.2) is 0 Å². The summed E-state index contributed by atoms with van der Waals surface area (Å²) in [5.41, 5.74) is 0.774. The molecule has 0 spiro atoms. The van der Waals surface area contributed by atoms with Gasteiger partial charge < -0.3 is 4.90 Å². The van der Waals surface area contributed by atoms with E-state index in [1.165, 1.54) is 0 Å². The molecule has 0 radical (unpaired) electrons. The molecule has 1 aromatic carbocycles. The van der Waals surface area contributed by atoms with E-state index in [1.807, 2.05) is 40.9 Å². The van der Waals surface area contributed by atoms with Crippen LogP contribution in [-0.4, -0.2) is 34.4 Å². The van der Waals surface area contributed by atoms with Crippen LogP contribution in [0.25, 0.3) is 0 Å². The molecular weight excluding hydrogens is 298 g/mol. The maximum atomic E-state index is 12.3. The smallest absolute Gasteiger partial charge is 0.253 e. The van der Waals surface area contributed by atoms with Crippen LogP contribution in [0.4, 0.5) is 0 Å². The lowest BCUT2D eigenvalue weighted by Gasteiger charge is -2.37. The van der Waals surface area contributed by atoms with Crippen molar-refractivity contribution >= 4 is 33.6 Å². The van der Waals surface area contributed by atoms with Gasteiger partial charge in [-0.05, 0) is 38.1 Å². The number of rotatable bonds is 1. The van der Waals surface area contributed by atoms with Crippen LogP contribution in [0.1, 0.15) is 24.2 Å². The maximum absolute atomic E-state index is 12.3. The van der Waals surface area contributed by atoms with Crippen LogP contribution < -0.4 is 0 Å². The van der Waals surface area contributed by atoms with Crippen molar-refractivity contribution in [1.29, 1.82) is 0 Å². The Morgan fingerprint density at radius 3 is 2.59 bits per heavy atom. The van der Waals surface area contributed by atoms with E-state index in [9.17, 15) is 4.79 Å². The van der Waals surface area contributed by atoms with Gasteiger partial charge in [0.25, 0.3) is 5.91 Å². The molecule has 4 heteroatoms. The van der Waals surface area contributed by atoms with Crippen LogP contribution in [0, 0.1) is 0 Å². The number of carbonyl (C=O) groups is 1. The van der Waals surface area contributed by atoms with Crippen molar-refractivity contribution < 1.29 is 4.79 Å². The molecule has 0 atom stereocenters. The van der Waals surface area contributed by atoms with Crippen LogP contribution in [0.5, 0.6) is 0 Å². The highest BCUT2D eigenvalue weighted by Crippen LogP contribution is 2.30. The molecule has 1 aromatic rings. The first-order valence-corrected chi connectivity index (χ1v) is 7.45. The number of hydrogen-bond donors (Lipinski definition) is 0.